The van der Waals surface area contributed by atoms with E-state index in [1.165, 1.54) is 35.0 Å². The quantitative estimate of drug-likeness (QED) is 0.194. The summed E-state index contributed by atoms with van der Waals surface area (Å²) in [5.74, 6) is -0.697. The van der Waals surface area contributed by atoms with Gasteiger partial charge in [0.1, 0.15) is 0 Å². The van der Waals surface area contributed by atoms with Crippen LogP contribution in [0.3, 0.4) is 0 Å². The maximum Gasteiger partial charge on any atom is 0.267 e. The van der Waals surface area contributed by atoms with Crippen LogP contribution >= 0.6 is 0 Å². The molecule has 2 heterocycles. The lowest BCUT2D eigenvalue weighted by Crippen LogP contribution is -2.21. The van der Waals surface area contributed by atoms with Crippen molar-refractivity contribution in [3.8, 4) is 0 Å². The molecule has 0 saturated heterocycles. The molecule has 2 aromatic carbocycles. The van der Waals surface area contributed by atoms with Gasteiger partial charge in [-0.05, 0) is 60.0 Å². The summed E-state index contributed by atoms with van der Waals surface area (Å²) in [5.41, 5.74) is 5.34. The second kappa shape index (κ2) is 10.1. The molecule has 0 radical (unpaired) electrons. The Kier molecular flexibility index (Phi) is 6.97. The van der Waals surface area contributed by atoms with Crippen molar-refractivity contribution >= 4 is 32.9 Å². The highest BCUT2D eigenvalue weighted by Gasteiger charge is 2.16. The molecule has 4 rings (SSSR count). The zero-order chi connectivity index (χ0) is 24.1. The summed E-state index contributed by atoms with van der Waals surface area (Å²) in [6.07, 6.45) is 6.23. The third-order valence-electron chi connectivity index (χ3n) is 5.53. The van der Waals surface area contributed by atoms with E-state index in [2.05, 4.69) is 28.1 Å². The number of nitrogens with one attached hydrogen (secondary N) is 2. The van der Waals surface area contributed by atoms with Crippen LogP contribution in [0.5, 0.6) is 0 Å². The predicted molar refractivity (Wildman–Crippen MR) is 131 cm³/mol. The standard InChI is InChI=1S/C25H26N4O4S/c1-28(14-13-22-16-21-4-2-3-5-24(21)26-22)17-19-6-9-23(10-7-19)34(32,33)29-15-12-20(18-29)8-11-25(30)27-31/h2-12,15-16,18,26,31H,13-14,17H2,1H3,(H,27,30). The number of carbonyl (C=O) groups excluding carboxylic acids is 1. The number of hydrogen-bond acceptors (Lipinski definition) is 5. The highest BCUT2D eigenvalue weighted by molar-refractivity contribution is 7.90. The molecule has 4 aromatic rings. The molecule has 0 aliphatic heterocycles. The van der Waals surface area contributed by atoms with Crippen LogP contribution in [0.4, 0.5) is 0 Å². The Bertz CT molecular complexity index is 1390. The van der Waals surface area contributed by atoms with Gasteiger partial charge in [-0.3, -0.25) is 10.0 Å². The monoisotopic (exact) mass is 478 g/mol. The van der Waals surface area contributed by atoms with Gasteiger partial charge in [0.05, 0.1) is 4.90 Å². The number of fused-ring (bicyclic) bond motifs is 1. The Labute approximate surface area is 198 Å². The van der Waals surface area contributed by atoms with Crippen LogP contribution in [0.25, 0.3) is 17.0 Å². The zero-order valence-electron chi connectivity index (χ0n) is 18.7. The Morgan fingerprint density at radius 3 is 2.65 bits per heavy atom. The summed E-state index contributed by atoms with van der Waals surface area (Å²) in [6, 6.07) is 18.8. The molecule has 3 N–H and O–H groups in total. The van der Waals surface area contributed by atoms with Gasteiger partial charge in [0.2, 0.25) is 0 Å². The first kappa shape index (κ1) is 23.5. The van der Waals surface area contributed by atoms with Gasteiger partial charge >= 0.3 is 0 Å². The number of hydroxylamine groups is 1. The van der Waals surface area contributed by atoms with Gasteiger partial charge in [-0.2, -0.15) is 0 Å². The number of aromatic nitrogens is 2. The molecule has 2 aromatic heterocycles. The molecule has 176 valence electrons. The average molecular weight is 479 g/mol. The fourth-order valence-corrected chi connectivity index (χ4v) is 4.91. The second-order valence-electron chi connectivity index (χ2n) is 8.10. The van der Waals surface area contributed by atoms with Crippen LogP contribution in [0.15, 0.2) is 84.0 Å². The Balaban J connectivity index is 1.36. The number of amides is 1. The minimum absolute atomic E-state index is 0.177. The molecule has 0 bridgehead atoms. The molecule has 0 spiro atoms. The van der Waals surface area contributed by atoms with E-state index in [1.807, 2.05) is 31.3 Å². The van der Waals surface area contributed by atoms with Crippen LogP contribution in [0, 0.1) is 0 Å². The summed E-state index contributed by atoms with van der Waals surface area (Å²) in [6.45, 7) is 1.56. The van der Waals surface area contributed by atoms with Crippen LogP contribution in [0.2, 0.25) is 0 Å². The minimum atomic E-state index is -3.75. The van der Waals surface area contributed by atoms with Crippen LogP contribution in [-0.2, 0) is 27.8 Å². The number of rotatable bonds is 9. The van der Waals surface area contributed by atoms with Crippen LogP contribution in [-0.4, -0.2) is 47.0 Å². The average Bonchev–Trinajstić information content (AvgIpc) is 3.49. The van der Waals surface area contributed by atoms with Gasteiger partial charge in [-0.1, -0.05) is 30.3 Å². The van der Waals surface area contributed by atoms with Crippen LogP contribution < -0.4 is 5.48 Å². The molecule has 1 amide bonds. The number of carbonyl (C=O) groups is 1. The molecule has 0 unspecified atom stereocenters. The first-order valence-corrected chi connectivity index (χ1v) is 12.2. The predicted octanol–water partition coefficient (Wildman–Crippen LogP) is 3.40. The molecule has 0 aliphatic rings. The van der Waals surface area contributed by atoms with Crippen molar-refractivity contribution in [2.24, 2.45) is 0 Å². The van der Waals surface area contributed by atoms with Crippen molar-refractivity contribution in [1.29, 1.82) is 0 Å². The van der Waals surface area contributed by atoms with Gasteiger partial charge < -0.3 is 9.88 Å². The number of likely N-dealkylation sites (N-methyl/N-ethyl adjacent to an activating group) is 1. The molecule has 8 nitrogen and oxygen atoms in total. The van der Waals surface area contributed by atoms with E-state index in [1.54, 1.807) is 18.2 Å². The fourth-order valence-electron chi connectivity index (χ4n) is 3.71. The van der Waals surface area contributed by atoms with Gasteiger partial charge in [0.25, 0.3) is 15.9 Å². The Morgan fingerprint density at radius 1 is 1.15 bits per heavy atom. The maximum atomic E-state index is 12.9. The molecular formula is C25H26N4O4S. The van der Waals surface area contributed by atoms with Crippen molar-refractivity contribution in [2.75, 3.05) is 13.6 Å². The largest absolute Gasteiger partial charge is 0.358 e. The first-order valence-electron chi connectivity index (χ1n) is 10.7. The number of para-hydroxylation sites is 1. The van der Waals surface area contributed by atoms with Crippen molar-refractivity contribution in [3.05, 3.63) is 96.0 Å². The molecule has 0 saturated carbocycles. The van der Waals surface area contributed by atoms with E-state index in [9.17, 15) is 13.2 Å². The van der Waals surface area contributed by atoms with E-state index in [0.29, 0.717) is 12.1 Å². The summed E-state index contributed by atoms with van der Waals surface area (Å²) in [7, 11) is -1.71. The van der Waals surface area contributed by atoms with E-state index in [0.717, 1.165) is 34.1 Å². The summed E-state index contributed by atoms with van der Waals surface area (Å²) >= 11 is 0. The minimum Gasteiger partial charge on any atom is -0.358 e. The third-order valence-corrected chi connectivity index (χ3v) is 7.18. The molecule has 0 atom stereocenters. The van der Waals surface area contributed by atoms with Crippen LogP contribution in [0.1, 0.15) is 16.8 Å². The SMILES string of the molecule is CN(CCc1cc2ccccc2[nH]1)Cc1ccc(S(=O)(=O)n2ccc(C=CC(=O)NO)c2)cc1. The summed E-state index contributed by atoms with van der Waals surface area (Å²) < 4.78 is 26.9. The van der Waals surface area contributed by atoms with Crippen molar-refractivity contribution in [1.82, 2.24) is 19.3 Å². The number of hydrogen-bond donors (Lipinski definition) is 3. The highest BCUT2D eigenvalue weighted by atomic mass is 32.2. The normalized spacial score (nSPS) is 12.1. The summed E-state index contributed by atoms with van der Waals surface area (Å²) in [5, 5.41) is 9.73. The topological polar surface area (TPSA) is 107 Å². The lowest BCUT2D eigenvalue weighted by Gasteiger charge is -2.16. The fraction of sp³-hybridized carbons (Fsp3) is 0.160. The molecule has 0 fully saturated rings. The molecule has 0 aliphatic carbocycles. The van der Waals surface area contributed by atoms with Gasteiger partial charge in [-0.15, -0.1) is 0 Å². The first-order chi connectivity index (χ1) is 16.3. The Morgan fingerprint density at radius 2 is 1.91 bits per heavy atom. The van der Waals surface area contributed by atoms with Crippen molar-refractivity contribution < 1.29 is 18.4 Å². The van der Waals surface area contributed by atoms with E-state index < -0.39 is 15.9 Å². The zero-order valence-corrected chi connectivity index (χ0v) is 19.5. The van der Waals surface area contributed by atoms with Gasteiger partial charge in [0, 0.05) is 49.2 Å². The third kappa shape index (κ3) is 5.45. The van der Waals surface area contributed by atoms with E-state index >= 15 is 0 Å². The van der Waals surface area contributed by atoms with Crippen molar-refractivity contribution in [3.63, 3.8) is 0 Å². The van der Waals surface area contributed by atoms with Crippen molar-refractivity contribution in [2.45, 2.75) is 17.9 Å². The lowest BCUT2D eigenvalue weighted by atomic mass is 10.2. The number of H-pyrrole nitrogens is 1. The number of nitrogens with zero attached hydrogens (tertiary/aromatic N) is 2. The number of benzene rings is 2. The van der Waals surface area contributed by atoms with E-state index in [4.69, 9.17) is 5.21 Å². The summed E-state index contributed by atoms with van der Waals surface area (Å²) in [4.78, 5) is 16.9. The highest BCUT2D eigenvalue weighted by Crippen LogP contribution is 2.18. The lowest BCUT2D eigenvalue weighted by molar-refractivity contribution is -0.124. The van der Waals surface area contributed by atoms with E-state index in [-0.39, 0.29) is 4.90 Å². The van der Waals surface area contributed by atoms with Gasteiger partial charge in [-0.25, -0.2) is 17.9 Å². The molecular weight excluding hydrogens is 452 g/mol. The van der Waals surface area contributed by atoms with Gasteiger partial charge in [0.15, 0.2) is 0 Å². The maximum absolute atomic E-state index is 12.9. The smallest absolute Gasteiger partial charge is 0.267 e. The second-order valence-corrected chi connectivity index (χ2v) is 9.95. The number of aromatic amines is 1. The molecule has 9 heteroatoms. The Hall–Kier alpha value is -3.66. The molecule has 34 heavy (non-hydrogen) atoms.